The van der Waals surface area contributed by atoms with Crippen molar-refractivity contribution in [3.63, 3.8) is 0 Å². The summed E-state index contributed by atoms with van der Waals surface area (Å²) in [5.74, 6) is 0. The third-order valence-corrected chi connectivity index (χ3v) is 28.9. The third-order valence-electron chi connectivity index (χ3n) is 28.9. The molecule has 0 unspecified atom stereocenters. The fourth-order valence-electron chi connectivity index (χ4n) is 21.7. The number of benzene rings is 15. The van der Waals surface area contributed by atoms with Gasteiger partial charge in [0.2, 0.25) is 0 Å². The SMILES string of the molecule is CCCCCCC1(CCCCCC)c2cc(N(c3ccccc3)c3ccccc3)ccc2-c2ccc(N(c3ccccc3)c3ccc(-c4ccc(N(c5ccccc5)c5ccc6c(c5)C(CCCCCCOCC5(C)COC5)(CCCCCCOCC5(C)COC5)c5cc(N(c7ccccc7)c7ccc(-c8ccc(N(c9ccccc9)c9ccccc9)cc8)cc7)ccc5-6)cc4)cc3)cc21. The standard InChI is InChI=1S/C126H131N5O4/c1-5-7-9-36-80-125(81-37-10-8-6-2)119-86-111(128(102-46-26-17-27-47-102)103-48-28-18-29-49-103)72-76-115(119)116-77-73-112(87-120(116)125)129(104-50-30-19-31-51-104)109-68-60-98(61-69-109)99-62-70-110(71-63-99)131(106-54-34-21-35-55-106)114-75-79-118-117-78-74-113(88-121(117)126(122(118)89-114,82-38-11-13-40-84-132-90-123(3)92-134-93-123)83-39-12-14-41-85-133-91-124(4)94-135-95-124)130(105-52-32-20-33-53-105)108-66-58-97(59-67-108)96-56-64-107(65-57-96)127(100-42-22-15-23-43-100)101-44-24-16-25-45-101/h15-35,42-79,86-89H,5-14,36-41,80-85,90-95H2,1-4H3. The Labute approximate surface area is 803 Å². The van der Waals surface area contributed by atoms with E-state index >= 15 is 0 Å². The van der Waals surface area contributed by atoms with Crippen LogP contribution >= 0.6 is 0 Å². The maximum absolute atomic E-state index is 6.38. The molecule has 0 N–H and O–H groups in total. The minimum absolute atomic E-state index is 0.132. The van der Waals surface area contributed by atoms with Gasteiger partial charge in [0.05, 0.1) is 39.6 Å². The monoisotopic (exact) mass is 1780 g/mol. The zero-order valence-corrected chi connectivity index (χ0v) is 79.5. The molecule has 19 rings (SSSR count). The molecular weight excluding hydrogens is 1650 g/mol. The van der Waals surface area contributed by atoms with E-state index in [0.29, 0.717) is 0 Å². The number of hydrogen-bond donors (Lipinski definition) is 0. The number of rotatable bonds is 45. The molecule has 0 amide bonds. The zero-order valence-electron chi connectivity index (χ0n) is 79.5. The summed E-state index contributed by atoms with van der Waals surface area (Å²) in [6, 6.07) is 143. The number of unbranched alkanes of at least 4 members (excludes halogenated alkanes) is 12. The molecule has 2 saturated heterocycles. The van der Waals surface area contributed by atoms with Crippen molar-refractivity contribution in [2.45, 2.75) is 167 Å². The normalized spacial score (nSPS) is 14.3. The van der Waals surface area contributed by atoms with Crippen LogP contribution in [0.1, 0.15) is 178 Å². The highest BCUT2D eigenvalue weighted by Gasteiger charge is 2.46. The lowest BCUT2D eigenvalue weighted by molar-refractivity contribution is -0.137. The molecule has 15 aromatic carbocycles. The number of nitrogens with zero attached hydrogens (tertiary/aromatic N) is 5. The molecule has 9 nitrogen and oxygen atoms in total. The van der Waals surface area contributed by atoms with Crippen LogP contribution in [0.25, 0.3) is 44.5 Å². The Hall–Kier alpha value is -12.9. The number of ether oxygens (including phenoxy) is 4. The van der Waals surface area contributed by atoms with Crippen molar-refractivity contribution in [1.82, 2.24) is 0 Å². The van der Waals surface area contributed by atoms with Crippen molar-refractivity contribution < 1.29 is 18.9 Å². The highest BCUT2D eigenvalue weighted by atomic mass is 16.5. The first-order valence-electron chi connectivity index (χ1n) is 50.2. The van der Waals surface area contributed by atoms with Gasteiger partial charge in [0, 0.05) is 120 Å². The molecule has 0 spiro atoms. The summed E-state index contributed by atoms with van der Waals surface area (Å²) in [6.07, 6.45) is 22.7. The van der Waals surface area contributed by atoms with Crippen LogP contribution in [-0.2, 0) is 29.8 Å². The molecule has 2 aliphatic carbocycles. The van der Waals surface area contributed by atoms with E-state index in [-0.39, 0.29) is 21.7 Å². The van der Waals surface area contributed by atoms with Crippen LogP contribution in [-0.4, -0.2) is 52.9 Å². The number of para-hydroxylation sites is 7. The number of hydrogen-bond acceptors (Lipinski definition) is 9. The Morgan fingerprint density at radius 3 is 0.615 bits per heavy atom. The van der Waals surface area contributed by atoms with Crippen molar-refractivity contribution in [1.29, 1.82) is 0 Å². The molecule has 15 aromatic rings. The Morgan fingerprint density at radius 2 is 0.407 bits per heavy atom. The lowest BCUT2D eigenvalue weighted by atomic mass is 9.70. The van der Waals surface area contributed by atoms with Gasteiger partial charge in [-0.1, -0.05) is 318 Å². The molecule has 0 radical (unpaired) electrons. The highest BCUT2D eigenvalue weighted by Crippen LogP contribution is 2.60. The van der Waals surface area contributed by atoms with Gasteiger partial charge in [-0.15, -0.1) is 0 Å². The van der Waals surface area contributed by atoms with Gasteiger partial charge in [-0.3, -0.25) is 0 Å². The van der Waals surface area contributed by atoms with Crippen molar-refractivity contribution in [3.8, 4) is 44.5 Å². The molecule has 0 saturated carbocycles. The fourth-order valence-corrected chi connectivity index (χ4v) is 21.7. The summed E-state index contributed by atoms with van der Waals surface area (Å²) in [4.78, 5) is 12.3. The molecule has 0 bridgehead atoms. The molecule has 2 aliphatic heterocycles. The van der Waals surface area contributed by atoms with E-state index in [9.17, 15) is 0 Å². The molecule has 2 heterocycles. The van der Waals surface area contributed by atoms with E-state index in [1.165, 1.54) is 113 Å². The average Bonchev–Trinajstić information content (AvgIpc) is 1.56. The van der Waals surface area contributed by atoms with Crippen LogP contribution in [0.5, 0.6) is 0 Å². The van der Waals surface area contributed by atoms with Gasteiger partial charge in [0.25, 0.3) is 0 Å². The molecule has 2 fully saturated rings. The lowest BCUT2D eigenvalue weighted by Gasteiger charge is -2.37. The summed E-state index contributed by atoms with van der Waals surface area (Å²) >= 11 is 0. The first kappa shape index (κ1) is 91.3. The van der Waals surface area contributed by atoms with Crippen LogP contribution in [0.3, 0.4) is 0 Å². The molecular formula is C126H131N5O4. The molecule has 135 heavy (non-hydrogen) atoms. The van der Waals surface area contributed by atoms with Crippen LogP contribution in [0.15, 0.2) is 382 Å². The van der Waals surface area contributed by atoms with Gasteiger partial charge >= 0.3 is 0 Å². The van der Waals surface area contributed by atoms with E-state index < -0.39 is 0 Å². The van der Waals surface area contributed by atoms with E-state index in [2.05, 4.69) is 434 Å². The van der Waals surface area contributed by atoms with Crippen molar-refractivity contribution >= 4 is 85.3 Å². The summed E-state index contributed by atoms with van der Waals surface area (Å²) < 4.78 is 24.0. The van der Waals surface area contributed by atoms with E-state index in [4.69, 9.17) is 18.9 Å². The smallest absolute Gasteiger partial charge is 0.0564 e. The minimum atomic E-state index is -0.317. The zero-order chi connectivity index (χ0) is 91.7. The molecule has 4 aliphatic rings. The Bertz CT molecular complexity index is 6190. The van der Waals surface area contributed by atoms with Gasteiger partial charge in [-0.2, -0.15) is 0 Å². The topological polar surface area (TPSA) is 53.1 Å². The van der Waals surface area contributed by atoms with Gasteiger partial charge < -0.3 is 43.4 Å². The molecule has 0 aromatic heterocycles. The summed E-state index contributed by atoms with van der Waals surface area (Å²) in [7, 11) is 0. The van der Waals surface area contributed by atoms with E-state index in [0.717, 1.165) is 221 Å². The highest BCUT2D eigenvalue weighted by molar-refractivity contribution is 5.92. The van der Waals surface area contributed by atoms with Gasteiger partial charge in [-0.25, -0.2) is 0 Å². The quantitative estimate of drug-likeness (QED) is 0.0348. The maximum atomic E-state index is 6.38. The van der Waals surface area contributed by atoms with Gasteiger partial charge in [-0.05, 0) is 287 Å². The van der Waals surface area contributed by atoms with Crippen molar-refractivity contribution in [2.24, 2.45) is 10.8 Å². The van der Waals surface area contributed by atoms with E-state index in [1.54, 1.807) is 0 Å². The second-order valence-corrected chi connectivity index (χ2v) is 39.0. The summed E-state index contributed by atoms with van der Waals surface area (Å²) in [5.41, 5.74) is 32.6. The lowest BCUT2D eigenvalue weighted by Crippen LogP contribution is -2.43. The van der Waals surface area contributed by atoms with Gasteiger partial charge in [0.15, 0.2) is 0 Å². The number of fused-ring (bicyclic) bond motifs is 6. The van der Waals surface area contributed by atoms with Gasteiger partial charge in [0.1, 0.15) is 0 Å². The molecule has 0 atom stereocenters. The summed E-state index contributed by atoms with van der Waals surface area (Å²) in [6.45, 7) is 15.4. The maximum Gasteiger partial charge on any atom is 0.0564 e. The predicted molar refractivity (Wildman–Crippen MR) is 566 cm³/mol. The fraction of sp³-hybridized carbons (Fsp3) is 0.286. The first-order valence-corrected chi connectivity index (χ1v) is 50.2. The van der Waals surface area contributed by atoms with Crippen LogP contribution in [0, 0.1) is 10.8 Å². The Morgan fingerprint density at radius 1 is 0.215 bits per heavy atom. The molecule has 9 heteroatoms. The van der Waals surface area contributed by atoms with Crippen LogP contribution < -0.4 is 24.5 Å². The Kier molecular flexibility index (Phi) is 28.9. The first-order chi connectivity index (χ1) is 66.6. The van der Waals surface area contributed by atoms with Crippen LogP contribution in [0.2, 0.25) is 0 Å². The second-order valence-electron chi connectivity index (χ2n) is 39.0. The minimum Gasteiger partial charge on any atom is -0.381 e. The van der Waals surface area contributed by atoms with E-state index in [1.807, 2.05) is 0 Å². The largest absolute Gasteiger partial charge is 0.381 e. The summed E-state index contributed by atoms with van der Waals surface area (Å²) in [5, 5.41) is 0. The Balaban J connectivity index is 0.654. The number of anilines is 15. The third kappa shape index (κ3) is 20.3. The van der Waals surface area contributed by atoms with Crippen molar-refractivity contribution in [3.05, 3.63) is 404 Å². The van der Waals surface area contributed by atoms with Crippen LogP contribution in [0.4, 0.5) is 85.3 Å². The second kappa shape index (κ2) is 42.8. The average molecular weight is 1780 g/mol. The van der Waals surface area contributed by atoms with Crippen molar-refractivity contribution in [2.75, 3.05) is 77.4 Å². The predicted octanol–water partition coefficient (Wildman–Crippen LogP) is 34.9. The molecule has 684 valence electrons.